The van der Waals surface area contributed by atoms with Crippen molar-refractivity contribution in [2.45, 2.75) is 5.41 Å². The second kappa shape index (κ2) is 8.17. The summed E-state index contributed by atoms with van der Waals surface area (Å²) in [4.78, 5) is 0. The van der Waals surface area contributed by atoms with Gasteiger partial charge in [0.1, 0.15) is 0 Å². The number of halogens is 2. The molecule has 1 atom stereocenters. The highest BCUT2D eigenvalue weighted by molar-refractivity contribution is 9.10. The maximum Gasteiger partial charge on any atom is 0.0726 e. The summed E-state index contributed by atoms with van der Waals surface area (Å²) in [5, 5.41) is 3.26. The molecule has 2 aliphatic carbocycles. The molecule has 1 unspecified atom stereocenters. The van der Waals surface area contributed by atoms with Gasteiger partial charge in [0.05, 0.1) is 5.41 Å². The van der Waals surface area contributed by atoms with E-state index in [0.717, 1.165) is 9.50 Å². The fraction of sp³-hybridized carbons (Fsp3) is 0.0270. The Morgan fingerprint density at radius 3 is 2.08 bits per heavy atom. The molecule has 2 aliphatic rings. The molecule has 1 spiro atoms. The minimum atomic E-state index is -0.362. The third-order valence-electron chi connectivity index (χ3n) is 8.82. The van der Waals surface area contributed by atoms with Crippen molar-refractivity contribution in [3.05, 3.63) is 153 Å². The summed E-state index contributed by atoms with van der Waals surface area (Å²) in [7, 11) is 0. The number of benzene rings is 6. The van der Waals surface area contributed by atoms with Crippen LogP contribution in [0.3, 0.4) is 0 Å². The summed E-state index contributed by atoms with van der Waals surface area (Å²) in [5.41, 5.74) is 12.9. The highest BCUT2D eigenvalue weighted by atomic mass is 79.9. The molecular weight excluding hydrogens is 592 g/mol. The fourth-order valence-electron chi connectivity index (χ4n) is 7.37. The molecule has 0 nitrogen and oxygen atoms in total. The Morgan fingerprint density at radius 1 is 0.525 bits per heavy atom. The molecule has 0 amide bonds. The molecule has 0 radical (unpaired) electrons. The predicted octanol–water partition coefficient (Wildman–Crippen LogP) is 11.5. The Morgan fingerprint density at radius 2 is 1.20 bits per heavy atom. The number of thiophene rings is 1. The molecule has 0 bridgehead atoms. The normalized spacial score (nSPS) is 16.4. The molecule has 1 aromatic heterocycles. The smallest absolute Gasteiger partial charge is 0.0726 e. The Balaban J connectivity index is 1.43. The molecule has 0 saturated carbocycles. The highest BCUT2D eigenvalue weighted by Gasteiger charge is 2.52. The van der Waals surface area contributed by atoms with Crippen LogP contribution in [0.2, 0.25) is 5.02 Å². The second-order valence-corrected chi connectivity index (χ2v) is 13.1. The van der Waals surface area contributed by atoms with Gasteiger partial charge in [0.25, 0.3) is 0 Å². The van der Waals surface area contributed by atoms with Gasteiger partial charge in [-0.25, -0.2) is 0 Å². The van der Waals surface area contributed by atoms with E-state index in [0.29, 0.717) is 0 Å². The van der Waals surface area contributed by atoms with Crippen molar-refractivity contribution in [1.29, 1.82) is 0 Å². The minimum Gasteiger partial charge on any atom is -0.135 e. The van der Waals surface area contributed by atoms with E-state index in [-0.39, 0.29) is 5.41 Å². The molecule has 0 saturated heterocycles. The van der Waals surface area contributed by atoms with Gasteiger partial charge in [0.15, 0.2) is 0 Å². The maximum absolute atomic E-state index is 6.43. The monoisotopic (exact) mass is 610 g/mol. The first-order valence-electron chi connectivity index (χ1n) is 13.4. The third kappa shape index (κ3) is 2.81. The quantitative estimate of drug-likeness (QED) is 0.173. The minimum absolute atomic E-state index is 0.362. The van der Waals surface area contributed by atoms with Crippen molar-refractivity contribution in [3.8, 4) is 33.4 Å². The van der Waals surface area contributed by atoms with Crippen molar-refractivity contribution in [1.82, 2.24) is 0 Å². The average Bonchev–Trinajstić information content (AvgIpc) is 3.60. The fourth-order valence-corrected chi connectivity index (χ4v) is 9.11. The van der Waals surface area contributed by atoms with E-state index < -0.39 is 0 Å². The molecule has 40 heavy (non-hydrogen) atoms. The zero-order valence-electron chi connectivity index (χ0n) is 21.2. The molecule has 6 aromatic carbocycles. The van der Waals surface area contributed by atoms with Crippen molar-refractivity contribution >= 4 is 59.0 Å². The number of hydrogen-bond donors (Lipinski definition) is 0. The van der Waals surface area contributed by atoms with E-state index >= 15 is 0 Å². The van der Waals surface area contributed by atoms with Gasteiger partial charge in [-0.1, -0.05) is 119 Å². The summed E-state index contributed by atoms with van der Waals surface area (Å²) < 4.78 is 3.68. The molecule has 3 heteroatoms. The summed E-state index contributed by atoms with van der Waals surface area (Å²) in [6, 6.07) is 44.7. The summed E-state index contributed by atoms with van der Waals surface area (Å²) >= 11 is 12.1. The van der Waals surface area contributed by atoms with E-state index in [1.54, 1.807) is 0 Å². The highest BCUT2D eigenvalue weighted by Crippen LogP contribution is 2.64. The Bertz CT molecular complexity index is 2210. The van der Waals surface area contributed by atoms with E-state index in [2.05, 4.69) is 131 Å². The summed E-state index contributed by atoms with van der Waals surface area (Å²) in [6.07, 6.45) is 0. The van der Waals surface area contributed by atoms with Gasteiger partial charge in [-0.2, -0.15) is 0 Å². The molecule has 7 aromatic rings. The first kappa shape index (κ1) is 23.1. The molecule has 0 fully saturated rings. The zero-order chi connectivity index (χ0) is 26.6. The largest absolute Gasteiger partial charge is 0.135 e. The van der Waals surface area contributed by atoms with Crippen LogP contribution in [0.4, 0.5) is 0 Å². The number of rotatable bonds is 1. The average molecular weight is 612 g/mol. The summed E-state index contributed by atoms with van der Waals surface area (Å²) in [5.74, 6) is 0. The number of fused-ring (bicyclic) bond motifs is 13. The van der Waals surface area contributed by atoms with E-state index in [1.807, 2.05) is 17.4 Å². The van der Waals surface area contributed by atoms with Crippen LogP contribution < -0.4 is 0 Å². The molecular formula is C37H20BrClS. The lowest BCUT2D eigenvalue weighted by Crippen LogP contribution is -2.25. The van der Waals surface area contributed by atoms with Gasteiger partial charge in [-0.15, -0.1) is 11.3 Å². The summed E-state index contributed by atoms with van der Waals surface area (Å²) in [6.45, 7) is 0. The molecule has 0 aliphatic heterocycles. The number of hydrogen-bond acceptors (Lipinski definition) is 1. The molecule has 188 valence electrons. The predicted molar refractivity (Wildman–Crippen MR) is 174 cm³/mol. The van der Waals surface area contributed by atoms with E-state index in [1.165, 1.54) is 75.8 Å². The molecule has 1 heterocycles. The lowest BCUT2D eigenvalue weighted by atomic mass is 9.70. The zero-order valence-corrected chi connectivity index (χ0v) is 24.4. The molecule has 0 N–H and O–H groups in total. The van der Waals surface area contributed by atoms with Gasteiger partial charge in [-0.3, -0.25) is 0 Å². The second-order valence-electron chi connectivity index (χ2n) is 10.7. The van der Waals surface area contributed by atoms with Crippen LogP contribution in [0.1, 0.15) is 22.3 Å². The SMILES string of the molecule is Clc1ccc2sc3c(-c4cccc5c4-c4ccccc4C54c5ccccc5-c5ccc(Br)cc54)cccc3c2c1. The van der Waals surface area contributed by atoms with Crippen LogP contribution in [-0.2, 0) is 5.41 Å². The van der Waals surface area contributed by atoms with Gasteiger partial charge in [-0.05, 0) is 80.4 Å². The van der Waals surface area contributed by atoms with Gasteiger partial charge < -0.3 is 0 Å². The standard InChI is InChI=1S/C37H20BrClS/c38-21-15-17-24-23-7-1-3-12-30(23)37(33(24)19-21)31-13-4-2-8-28(31)35-25(9-6-14-32(35)37)26-10-5-11-27-29-20-22(39)16-18-34(29)40-36(26)27/h1-20H. The van der Waals surface area contributed by atoms with Gasteiger partial charge >= 0.3 is 0 Å². The van der Waals surface area contributed by atoms with Crippen molar-refractivity contribution in [2.75, 3.05) is 0 Å². The van der Waals surface area contributed by atoms with E-state index in [9.17, 15) is 0 Å². The van der Waals surface area contributed by atoms with E-state index in [4.69, 9.17) is 11.6 Å². The van der Waals surface area contributed by atoms with Crippen LogP contribution in [-0.4, -0.2) is 0 Å². The maximum atomic E-state index is 6.43. The Labute approximate surface area is 249 Å². The third-order valence-corrected chi connectivity index (χ3v) is 10.8. The van der Waals surface area contributed by atoms with Crippen LogP contribution in [0.15, 0.2) is 126 Å². The van der Waals surface area contributed by atoms with Crippen LogP contribution in [0, 0.1) is 0 Å². The Hall–Kier alpha value is -3.69. The lowest BCUT2D eigenvalue weighted by molar-refractivity contribution is 0.793. The topological polar surface area (TPSA) is 0 Å². The van der Waals surface area contributed by atoms with Crippen molar-refractivity contribution in [3.63, 3.8) is 0 Å². The van der Waals surface area contributed by atoms with Crippen LogP contribution >= 0.6 is 38.9 Å². The van der Waals surface area contributed by atoms with Crippen LogP contribution in [0.5, 0.6) is 0 Å². The van der Waals surface area contributed by atoms with Gasteiger partial charge in [0, 0.05) is 35.2 Å². The van der Waals surface area contributed by atoms with Crippen molar-refractivity contribution < 1.29 is 0 Å². The van der Waals surface area contributed by atoms with Gasteiger partial charge in [0.2, 0.25) is 0 Å². The first-order chi connectivity index (χ1) is 19.7. The van der Waals surface area contributed by atoms with Crippen LogP contribution in [0.25, 0.3) is 53.6 Å². The lowest BCUT2D eigenvalue weighted by Gasteiger charge is -2.30. The van der Waals surface area contributed by atoms with Crippen molar-refractivity contribution in [2.24, 2.45) is 0 Å². The molecule has 9 rings (SSSR count). The first-order valence-corrected chi connectivity index (χ1v) is 15.4. The Kier molecular flexibility index (Phi) is 4.71.